The third kappa shape index (κ3) is 3.98. The number of carbonyl (C=O) groups is 2. The van der Waals surface area contributed by atoms with E-state index in [1.807, 2.05) is 53.6 Å². The van der Waals surface area contributed by atoms with Crippen LogP contribution in [0.3, 0.4) is 0 Å². The third-order valence-electron chi connectivity index (χ3n) is 5.35. The van der Waals surface area contributed by atoms with Crippen LogP contribution in [-0.4, -0.2) is 37.8 Å². The first kappa shape index (κ1) is 19.5. The van der Waals surface area contributed by atoms with Gasteiger partial charge >= 0.3 is 5.97 Å². The van der Waals surface area contributed by atoms with Gasteiger partial charge in [-0.05, 0) is 43.5 Å². The maximum atomic E-state index is 12.7. The smallest absolute Gasteiger partial charge is 0.303 e. The molecule has 6 nitrogen and oxygen atoms in total. The number of benzene rings is 1. The van der Waals surface area contributed by atoms with Gasteiger partial charge in [0.2, 0.25) is 5.91 Å². The number of halogens is 1. The number of hydrogen-bond acceptors (Lipinski definition) is 3. The average Bonchev–Trinajstić information content (AvgIpc) is 3.33. The molecule has 1 N–H and O–H groups in total. The first-order valence-corrected chi connectivity index (χ1v) is 10.2. The Kier molecular flexibility index (Phi) is 5.53. The lowest BCUT2D eigenvalue weighted by Crippen LogP contribution is -2.31. The van der Waals surface area contributed by atoms with Crippen molar-refractivity contribution in [2.45, 2.75) is 38.1 Å². The van der Waals surface area contributed by atoms with Crippen LogP contribution < -0.4 is 0 Å². The Morgan fingerprint density at radius 1 is 1.14 bits per heavy atom. The standard InChI is InChI=1S/C22H22ClN3O3/c23-16-11-9-15(10-12-16)21-17-5-1-2-13-26(17)22(24-21)18-6-4-14-25(18)19(27)7-3-8-20(28)29/h1-2,5,9-13,18H,3-4,6-8,14H2,(H,28,29). The summed E-state index contributed by atoms with van der Waals surface area (Å²) >= 11 is 6.03. The molecule has 2 aromatic heterocycles. The molecule has 1 fully saturated rings. The maximum Gasteiger partial charge on any atom is 0.303 e. The lowest BCUT2D eigenvalue weighted by atomic mass is 10.1. The summed E-state index contributed by atoms with van der Waals surface area (Å²) in [7, 11) is 0. The van der Waals surface area contributed by atoms with Crippen LogP contribution >= 0.6 is 11.6 Å². The molecule has 4 rings (SSSR count). The molecule has 1 unspecified atom stereocenters. The van der Waals surface area contributed by atoms with E-state index in [0.717, 1.165) is 35.4 Å². The monoisotopic (exact) mass is 411 g/mol. The molecule has 0 saturated carbocycles. The van der Waals surface area contributed by atoms with Gasteiger partial charge in [-0.15, -0.1) is 0 Å². The van der Waals surface area contributed by atoms with Crippen molar-refractivity contribution in [3.8, 4) is 11.3 Å². The van der Waals surface area contributed by atoms with Crippen LogP contribution in [0, 0.1) is 0 Å². The van der Waals surface area contributed by atoms with Crippen LogP contribution in [0.25, 0.3) is 16.8 Å². The normalized spacial score (nSPS) is 16.4. The van der Waals surface area contributed by atoms with E-state index in [1.165, 1.54) is 0 Å². The van der Waals surface area contributed by atoms with Crippen LogP contribution in [0.4, 0.5) is 0 Å². The molecule has 1 aliphatic rings. The minimum atomic E-state index is -0.873. The minimum Gasteiger partial charge on any atom is -0.481 e. The summed E-state index contributed by atoms with van der Waals surface area (Å²) < 4.78 is 2.05. The number of hydrogen-bond donors (Lipinski definition) is 1. The minimum absolute atomic E-state index is 0.00512. The van der Waals surface area contributed by atoms with E-state index in [4.69, 9.17) is 21.7 Å². The summed E-state index contributed by atoms with van der Waals surface area (Å²) in [6.07, 6.45) is 4.34. The summed E-state index contributed by atoms with van der Waals surface area (Å²) in [5.41, 5.74) is 2.82. The molecule has 3 heterocycles. The van der Waals surface area contributed by atoms with Gasteiger partial charge in [0.15, 0.2) is 0 Å². The van der Waals surface area contributed by atoms with Crippen molar-refractivity contribution in [2.75, 3.05) is 6.54 Å². The SMILES string of the molecule is O=C(O)CCCC(=O)N1CCCC1c1nc(-c2ccc(Cl)cc2)c2ccccn12. The number of pyridine rings is 1. The largest absolute Gasteiger partial charge is 0.481 e. The first-order chi connectivity index (χ1) is 14.0. The quantitative estimate of drug-likeness (QED) is 0.644. The number of carbonyl (C=O) groups excluding carboxylic acids is 1. The third-order valence-corrected chi connectivity index (χ3v) is 5.60. The molecule has 1 atom stereocenters. The second-order valence-electron chi connectivity index (χ2n) is 7.27. The Balaban J connectivity index is 1.67. The predicted octanol–water partition coefficient (Wildman–Crippen LogP) is 4.57. The Labute approximate surface area is 173 Å². The first-order valence-electron chi connectivity index (χ1n) is 9.79. The average molecular weight is 412 g/mol. The number of carboxylic acid groups (broad SMARTS) is 1. The van der Waals surface area contributed by atoms with E-state index in [1.54, 1.807) is 0 Å². The lowest BCUT2D eigenvalue weighted by Gasteiger charge is -2.24. The van der Waals surface area contributed by atoms with Crippen LogP contribution in [0.15, 0.2) is 48.7 Å². The van der Waals surface area contributed by atoms with Gasteiger partial charge in [-0.3, -0.25) is 9.59 Å². The number of amides is 1. The van der Waals surface area contributed by atoms with Crippen LogP contribution in [0.1, 0.15) is 44.0 Å². The molecule has 0 aliphatic carbocycles. The van der Waals surface area contributed by atoms with Crippen molar-refractivity contribution in [3.63, 3.8) is 0 Å². The van der Waals surface area contributed by atoms with E-state index >= 15 is 0 Å². The van der Waals surface area contributed by atoms with Gasteiger partial charge in [-0.2, -0.15) is 0 Å². The van der Waals surface area contributed by atoms with Gasteiger partial charge < -0.3 is 14.4 Å². The second-order valence-corrected chi connectivity index (χ2v) is 7.71. The van der Waals surface area contributed by atoms with Crippen molar-refractivity contribution in [2.24, 2.45) is 0 Å². The van der Waals surface area contributed by atoms with Crippen molar-refractivity contribution in [3.05, 3.63) is 59.5 Å². The molecule has 1 saturated heterocycles. The lowest BCUT2D eigenvalue weighted by molar-refractivity contribution is -0.137. The molecule has 7 heteroatoms. The van der Waals surface area contributed by atoms with Crippen molar-refractivity contribution < 1.29 is 14.7 Å². The highest BCUT2D eigenvalue weighted by Crippen LogP contribution is 2.35. The molecule has 0 bridgehead atoms. The predicted molar refractivity (Wildman–Crippen MR) is 111 cm³/mol. The molecule has 29 heavy (non-hydrogen) atoms. The molecule has 3 aromatic rings. The van der Waals surface area contributed by atoms with Gasteiger partial charge in [-0.25, -0.2) is 4.98 Å². The zero-order valence-corrected chi connectivity index (χ0v) is 16.7. The maximum absolute atomic E-state index is 12.7. The summed E-state index contributed by atoms with van der Waals surface area (Å²) in [5, 5.41) is 9.49. The number of carboxylic acids is 1. The van der Waals surface area contributed by atoms with Gasteiger partial charge in [0.1, 0.15) is 5.82 Å². The van der Waals surface area contributed by atoms with E-state index in [-0.39, 0.29) is 24.8 Å². The van der Waals surface area contributed by atoms with Crippen molar-refractivity contribution >= 4 is 29.0 Å². The number of aromatic nitrogens is 2. The number of aliphatic carboxylic acids is 1. The van der Waals surface area contributed by atoms with E-state index in [2.05, 4.69) is 4.40 Å². The van der Waals surface area contributed by atoms with E-state index in [9.17, 15) is 9.59 Å². The fourth-order valence-electron chi connectivity index (χ4n) is 3.98. The Morgan fingerprint density at radius 3 is 2.69 bits per heavy atom. The van der Waals surface area contributed by atoms with Crippen molar-refractivity contribution in [1.29, 1.82) is 0 Å². The Bertz CT molecular complexity index is 1050. The van der Waals surface area contributed by atoms with Gasteiger partial charge in [-0.1, -0.05) is 29.8 Å². The summed E-state index contributed by atoms with van der Waals surface area (Å²) in [6.45, 7) is 0.675. The molecule has 1 aliphatic heterocycles. The van der Waals surface area contributed by atoms with Crippen LogP contribution in [0.5, 0.6) is 0 Å². The fraction of sp³-hybridized carbons (Fsp3) is 0.318. The molecular weight excluding hydrogens is 390 g/mol. The number of fused-ring (bicyclic) bond motifs is 1. The Hall–Kier alpha value is -2.86. The Morgan fingerprint density at radius 2 is 1.93 bits per heavy atom. The number of nitrogens with zero attached hydrogens (tertiary/aromatic N) is 3. The topological polar surface area (TPSA) is 74.9 Å². The van der Waals surface area contributed by atoms with Crippen LogP contribution in [0.2, 0.25) is 5.02 Å². The molecule has 1 aromatic carbocycles. The molecule has 150 valence electrons. The summed E-state index contributed by atoms with van der Waals surface area (Å²) in [4.78, 5) is 30.3. The molecule has 0 spiro atoms. The van der Waals surface area contributed by atoms with Crippen LogP contribution in [-0.2, 0) is 9.59 Å². The van der Waals surface area contributed by atoms with Gasteiger partial charge in [0, 0.05) is 36.2 Å². The number of imidazole rings is 1. The fourth-order valence-corrected chi connectivity index (χ4v) is 4.11. The second kappa shape index (κ2) is 8.25. The van der Waals surface area contributed by atoms with E-state index in [0.29, 0.717) is 18.0 Å². The zero-order chi connectivity index (χ0) is 20.4. The summed E-state index contributed by atoms with van der Waals surface area (Å²) in [6, 6.07) is 13.4. The van der Waals surface area contributed by atoms with Gasteiger partial charge in [0.05, 0.1) is 17.3 Å². The van der Waals surface area contributed by atoms with Gasteiger partial charge in [0.25, 0.3) is 0 Å². The molecule has 1 amide bonds. The van der Waals surface area contributed by atoms with Crippen molar-refractivity contribution in [1.82, 2.24) is 14.3 Å². The molecule has 0 radical (unpaired) electrons. The highest BCUT2D eigenvalue weighted by molar-refractivity contribution is 6.30. The van der Waals surface area contributed by atoms with E-state index < -0.39 is 5.97 Å². The number of rotatable bonds is 6. The summed E-state index contributed by atoms with van der Waals surface area (Å²) in [5.74, 6) is -0.0354. The highest BCUT2D eigenvalue weighted by atomic mass is 35.5. The zero-order valence-electron chi connectivity index (χ0n) is 15.9. The highest BCUT2D eigenvalue weighted by Gasteiger charge is 2.33. The molecular formula is C22H22ClN3O3. The number of likely N-dealkylation sites (tertiary alicyclic amines) is 1.